The fourth-order valence-corrected chi connectivity index (χ4v) is 0.270. The fraction of sp³-hybridized carbons (Fsp3) is 0.500. The van der Waals surface area contributed by atoms with E-state index in [-0.39, 0.29) is 5.88 Å². The van der Waals surface area contributed by atoms with Gasteiger partial charge in [0.05, 0.1) is 0 Å². The molecule has 15 heavy (non-hydrogen) atoms. The van der Waals surface area contributed by atoms with E-state index in [1.165, 1.54) is 0 Å². The highest BCUT2D eigenvalue weighted by Gasteiger charge is 2.29. The van der Waals surface area contributed by atoms with Crippen LogP contribution >= 0.6 is 11.6 Å². The standard InChI is InChI=1S/C4H6O6.C2H3ClO2/c5-1(3(7)8)2(6)4(9)10;3-1-2(4)5/h1-2,5-6H,(H,7,8)(H,9,10);1H2,(H,4,5). The van der Waals surface area contributed by atoms with Gasteiger partial charge in [-0.1, -0.05) is 0 Å². The summed E-state index contributed by atoms with van der Waals surface area (Å²) in [5.74, 6) is -4.82. The third-order valence-corrected chi connectivity index (χ3v) is 1.15. The molecule has 2 unspecified atom stereocenters. The zero-order chi connectivity index (χ0) is 12.6. The zero-order valence-electron chi connectivity index (χ0n) is 7.20. The summed E-state index contributed by atoms with van der Waals surface area (Å²) in [6.07, 6.45) is -4.53. The predicted molar refractivity (Wildman–Crippen MR) is 45.6 cm³/mol. The Morgan fingerprint density at radius 1 is 0.933 bits per heavy atom. The van der Waals surface area contributed by atoms with Gasteiger partial charge in [-0.15, -0.1) is 11.6 Å². The lowest BCUT2D eigenvalue weighted by Gasteiger charge is -2.07. The Morgan fingerprint density at radius 2 is 1.13 bits per heavy atom. The molecule has 0 fully saturated rings. The van der Waals surface area contributed by atoms with Gasteiger partial charge in [-0.3, -0.25) is 4.79 Å². The predicted octanol–water partition coefficient (Wildman–Crippen LogP) is -1.81. The van der Waals surface area contributed by atoms with Gasteiger partial charge in [0.2, 0.25) is 0 Å². The molecule has 0 heterocycles. The van der Waals surface area contributed by atoms with Crippen molar-refractivity contribution in [2.75, 3.05) is 5.88 Å². The molecular weight excluding hydrogens is 236 g/mol. The number of alkyl halides is 1. The Morgan fingerprint density at radius 3 is 1.20 bits per heavy atom. The molecule has 0 aliphatic carbocycles. The van der Waals surface area contributed by atoms with Crippen LogP contribution in [0, 0.1) is 0 Å². The average molecular weight is 245 g/mol. The zero-order valence-corrected chi connectivity index (χ0v) is 7.96. The first kappa shape index (κ1) is 16.1. The molecule has 0 aromatic heterocycles. The van der Waals surface area contributed by atoms with Gasteiger partial charge in [-0.2, -0.15) is 0 Å². The number of hydrogen-bond donors (Lipinski definition) is 5. The van der Waals surface area contributed by atoms with Crippen molar-refractivity contribution in [2.45, 2.75) is 12.2 Å². The number of aliphatic carboxylic acids is 3. The number of carbonyl (C=O) groups is 3. The summed E-state index contributed by atoms with van der Waals surface area (Å²) in [4.78, 5) is 28.8. The van der Waals surface area contributed by atoms with Crippen molar-refractivity contribution >= 4 is 29.5 Å². The Hall–Kier alpha value is -1.38. The molecule has 0 amide bonds. The molecule has 5 N–H and O–H groups in total. The SMILES string of the molecule is O=C(O)C(O)C(O)C(=O)O.O=C(O)CCl. The smallest absolute Gasteiger partial charge is 0.335 e. The molecule has 0 rings (SSSR count). The van der Waals surface area contributed by atoms with Crippen molar-refractivity contribution in [2.24, 2.45) is 0 Å². The first-order valence-corrected chi connectivity index (χ1v) is 3.87. The number of rotatable bonds is 4. The molecule has 2 atom stereocenters. The molecule has 0 bridgehead atoms. The van der Waals surface area contributed by atoms with Crippen molar-refractivity contribution in [3.05, 3.63) is 0 Å². The van der Waals surface area contributed by atoms with E-state index in [1.54, 1.807) is 0 Å². The second kappa shape index (κ2) is 7.97. The fourth-order valence-electron chi connectivity index (χ4n) is 0.270. The van der Waals surface area contributed by atoms with E-state index >= 15 is 0 Å². The van der Waals surface area contributed by atoms with Gasteiger partial charge >= 0.3 is 17.9 Å². The Bertz CT molecular complexity index is 221. The molecule has 0 saturated heterocycles. The van der Waals surface area contributed by atoms with Crippen LogP contribution in [0.15, 0.2) is 0 Å². The summed E-state index contributed by atoms with van der Waals surface area (Å²) in [5.41, 5.74) is 0. The van der Waals surface area contributed by atoms with Crippen LogP contribution < -0.4 is 0 Å². The summed E-state index contributed by atoms with van der Waals surface area (Å²) in [6.45, 7) is 0. The van der Waals surface area contributed by atoms with Crippen molar-refractivity contribution in [1.29, 1.82) is 0 Å². The first-order valence-electron chi connectivity index (χ1n) is 3.33. The maximum Gasteiger partial charge on any atom is 0.335 e. The maximum atomic E-state index is 9.77. The number of halogens is 1. The van der Waals surface area contributed by atoms with E-state index in [0.29, 0.717) is 0 Å². The van der Waals surface area contributed by atoms with Crippen LogP contribution in [0.1, 0.15) is 0 Å². The summed E-state index contributed by atoms with van der Waals surface area (Å²) in [5, 5.41) is 40.1. The molecule has 0 radical (unpaired) electrons. The minimum atomic E-state index is -2.27. The van der Waals surface area contributed by atoms with Crippen LogP contribution in [0.3, 0.4) is 0 Å². The highest BCUT2D eigenvalue weighted by Crippen LogP contribution is 1.92. The lowest BCUT2D eigenvalue weighted by Crippen LogP contribution is -2.39. The van der Waals surface area contributed by atoms with Gasteiger partial charge in [0.1, 0.15) is 5.88 Å². The molecule has 88 valence electrons. The third kappa shape index (κ3) is 8.94. The van der Waals surface area contributed by atoms with Crippen molar-refractivity contribution < 1.29 is 39.9 Å². The normalized spacial score (nSPS) is 13.0. The van der Waals surface area contributed by atoms with Crippen LogP contribution in [-0.4, -0.2) is 61.5 Å². The van der Waals surface area contributed by atoms with Crippen LogP contribution in [-0.2, 0) is 14.4 Å². The molecule has 0 saturated carbocycles. The lowest BCUT2D eigenvalue weighted by molar-refractivity contribution is -0.165. The van der Waals surface area contributed by atoms with E-state index < -0.39 is 30.1 Å². The first-order chi connectivity index (χ1) is 6.73. The lowest BCUT2D eigenvalue weighted by atomic mass is 10.2. The summed E-state index contributed by atoms with van der Waals surface area (Å²) in [6, 6.07) is 0. The largest absolute Gasteiger partial charge is 0.480 e. The molecule has 0 aliphatic heterocycles. The average Bonchev–Trinajstić information content (AvgIpc) is 2.16. The van der Waals surface area contributed by atoms with Crippen LogP contribution in [0.25, 0.3) is 0 Å². The minimum absolute atomic E-state index is 0.306. The second-order valence-corrected chi connectivity index (χ2v) is 2.36. The van der Waals surface area contributed by atoms with Gasteiger partial charge in [0.25, 0.3) is 0 Å². The van der Waals surface area contributed by atoms with E-state index in [9.17, 15) is 14.4 Å². The highest BCUT2D eigenvalue weighted by atomic mass is 35.5. The van der Waals surface area contributed by atoms with Crippen LogP contribution in [0.5, 0.6) is 0 Å². The molecule has 9 heteroatoms. The number of carboxylic acid groups (broad SMARTS) is 3. The number of aliphatic hydroxyl groups is 2. The number of carboxylic acids is 3. The minimum Gasteiger partial charge on any atom is -0.480 e. The Kier molecular flexibility index (Phi) is 8.54. The number of aliphatic hydroxyl groups excluding tert-OH is 2. The summed E-state index contributed by atoms with van der Waals surface area (Å²) in [7, 11) is 0. The Balaban J connectivity index is 0. The third-order valence-electron chi connectivity index (χ3n) is 0.919. The van der Waals surface area contributed by atoms with Crippen molar-refractivity contribution in [3.63, 3.8) is 0 Å². The molecule has 8 nitrogen and oxygen atoms in total. The van der Waals surface area contributed by atoms with Crippen molar-refractivity contribution in [1.82, 2.24) is 0 Å². The van der Waals surface area contributed by atoms with E-state index in [0.717, 1.165) is 0 Å². The van der Waals surface area contributed by atoms with Crippen LogP contribution in [0.2, 0.25) is 0 Å². The monoisotopic (exact) mass is 244 g/mol. The quantitative estimate of drug-likeness (QED) is 0.363. The highest BCUT2D eigenvalue weighted by molar-refractivity contribution is 6.26. The van der Waals surface area contributed by atoms with Gasteiger partial charge in [-0.05, 0) is 0 Å². The topological polar surface area (TPSA) is 152 Å². The maximum absolute atomic E-state index is 9.77. The van der Waals surface area contributed by atoms with Crippen molar-refractivity contribution in [3.8, 4) is 0 Å². The molecule has 0 aromatic rings. The van der Waals surface area contributed by atoms with Gasteiger partial charge in [0, 0.05) is 0 Å². The molecule has 0 aliphatic rings. The summed E-state index contributed by atoms with van der Waals surface area (Å²) >= 11 is 4.74. The van der Waals surface area contributed by atoms with E-state index in [1.807, 2.05) is 0 Å². The summed E-state index contributed by atoms with van der Waals surface area (Å²) < 4.78 is 0. The van der Waals surface area contributed by atoms with Gasteiger partial charge in [0.15, 0.2) is 12.2 Å². The van der Waals surface area contributed by atoms with Crippen LogP contribution in [0.4, 0.5) is 0 Å². The molecular formula is C6H9ClO8. The molecule has 0 spiro atoms. The van der Waals surface area contributed by atoms with E-state index in [4.69, 9.17) is 37.1 Å². The number of hydrogen-bond acceptors (Lipinski definition) is 5. The van der Waals surface area contributed by atoms with Gasteiger partial charge < -0.3 is 25.5 Å². The molecule has 0 aromatic carbocycles. The Labute approximate surface area is 88.3 Å². The van der Waals surface area contributed by atoms with Gasteiger partial charge in [-0.25, -0.2) is 9.59 Å². The second-order valence-electron chi connectivity index (χ2n) is 2.09. The van der Waals surface area contributed by atoms with E-state index in [2.05, 4.69) is 0 Å².